The standard InChI is InChI=1S/C18H18N4O3S/c1-11-5-4-6-13(7-11)17-20-21-18(26)22(17)19-10-12-8-14(24-2)16(23)15(9-12)25-3/h4-10,23H,1-3H3,(H,21,26)/b19-10-. The molecule has 0 radical (unpaired) electrons. The molecule has 7 nitrogen and oxygen atoms in total. The number of benzene rings is 2. The van der Waals surface area contributed by atoms with Crippen LogP contribution in [0.3, 0.4) is 0 Å². The molecule has 8 heteroatoms. The van der Waals surface area contributed by atoms with E-state index >= 15 is 0 Å². The molecule has 0 unspecified atom stereocenters. The van der Waals surface area contributed by atoms with Gasteiger partial charge in [0, 0.05) is 11.1 Å². The van der Waals surface area contributed by atoms with Crippen molar-refractivity contribution in [2.75, 3.05) is 14.2 Å². The number of rotatable bonds is 5. The summed E-state index contributed by atoms with van der Waals surface area (Å²) in [6.45, 7) is 2.01. The summed E-state index contributed by atoms with van der Waals surface area (Å²) in [5.74, 6) is 1.13. The van der Waals surface area contributed by atoms with Gasteiger partial charge in [-0.2, -0.15) is 14.9 Å². The van der Waals surface area contributed by atoms with Crippen LogP contribution >= 0.6 is 12.2 Å². The summed E-state index contributed by atoms with van der Waals surface area (Å²) in [4.78, 5) is 0. The van der Waals surface area contributed by atoms with Gasteiger partial charge >= 0.3 is 0 Å². The minimum absolute atomic E-state index is 0.0625. The molecule has 0 bridgehead atoms. The number of aromatic hydroxyl groups is 1. The van der Waals surface area contributed by atoms with E-state index in [2.05, 4.69) is 15.3 Å². The first kappa shape index (κ1) is 17.7. The summed E-state index contributed by atoms with van der Waals surface area (Å²) in [7, 11) is 2.94. The van der Waals surface area contributed by atoms with E-state index in [0.29, 0.717) is 27.7 Å². The van der Waals surface area contributed by atoms with Crippen LogP contribution in [0.1, 0.15) is 11.1 Å². The van der Waals surface area contributed by atoms with Gasteiger partial charge < -0.3 is 14.6 Å². The van der Waals surface area contributed by atoms with Crippen molar-refractivity contribution < 1.29 is 14.6 Å². The number of aromatic nitrogens is 3. The van der Waals surface area contributed by atoms with E-state index in [-0.39, 0.29) is 5.75 Å². The van der Waals surface area contributed by atoms with Gasteiger partial charge in [-0.15, -0.1) is 0 Å². The van der Waals surface area contributed by atoms with E-state index in [1.54, 1.807) is 18.3 Å². The highest BCUT2D eigenvalue weighted by atomic mass is 32.1. The van der Waals surface area contributed by atoms with Crippen LogP contribution in [0, 0.1) is 11.7 Å². The average molecular weight is 370 g/mol. The third-order valence-corrected chi connectivity index (χ3v) is 4.02. The number of aryl methyl sites for hydroxylation is 1. The van der Waals surface area contributed by atoms with Crippen LogP contribution in [0.2, 0.25) is 0 Å². The van der Waals surface area contributed by atoms with Crippen LogP contribution in [-0.4, -0.2) is 40.4 Å². The summed E-state index contributed by atoms with van der Waals surface area (Å²) in [6, 6.07) is 11.2. The molecule has 1 heterocycles. The van der Waals surface area contributed by atoms with Crippen LogP contribution in [0.5, 0.6) is 17.2 Å². The molecule has 0 aliphatic carbocycles. The molecule has 3 aromatic rings. The lowest BCUT2D eigenvalue weighted by Gasteiger charge is -2.09. The summed E-state index contributed by atoms with van der Waals surface area (Å²) >= 11 is 5.28. The Labute approximate surface area is 155 Å². The zero-order chi connectivity index (χ0) is 18.7. The Morgan fingerprint density at radius 1 is 1.19 bits per heavy atom. The van der Waals surface area contributed by atoms with Crippen molar-refractivity contribution in [2.45, 2.75) is 6.92 Å². The van der Waals surface area contributed by atoms with Gasteiger partial charge in [-0.05, 0) is 37.3 Å². The number of nitrogens with zero attached hydrogens (tertiary/aromatic N) is 3. The van der Waals surface area contributed by atoms with Crippen molar-refractivity contribution in [1.82, 2.24) is 14.9 Å². The van der Waals surface area contributed by atoms with Crippen molar-refractivity contribution in [3.8, 4) is 28.6 Å². The third kappa shape index (κ3) is 3.45. The van der Waals surface area contributed by atoms with E-state index in [1.807, 2.05) is 31.2 Å². The van der Waals surface area contributed by atoms with Gasteiger partial charge in [0.25, 0.3) is 0 Å². The lowest BCUT2D eigenvalue weighted by Crippen LogP contribution is -1.96. The van der Waals surface area contributed by atoms with Crippen LogP contribution in [0.4, 0.5) is 0 Å². The fraction of sp³-hybridized carbons (Fsp3) is 0.167. The van der Waals surface area contributed by atoms with Crippen LogP contribution in [0.15, 0.2) is 41.5 Å². The molecule has 0 saturated heterocycles. The lowest BCUT2D eigenvalue weighted by atomic mass is 10.1. The van der Waals surface area contributed by atoms with Gasteiger partial charge in [0.1, 0.15) is 0 Å². The summed E-state index contributed by atoms with van der Waals surface area (Å²) in [5, 5.41) is 21.4. The number of hydrogen-bond donors (Lipinski definition) is 2. The van der Waals surface area contributed by atoms with Gasteiger partial charge in [-0.3, -0.25) is 0 Å². The number of ether oxygens (including phenoxy) is 2. The van der Waals surface area contributed by atoms with Gasteiger partial charge in [-0.25, -0.2) is 5.10 Å². The highest BCUT2D eigenvalue weighted by Crippen LogP contribution is 2.36. The quantitative estimate of drug-likeness (QED) is 0.530. The number of phenols is 1. The minimum atomic E-state index is -0.0625. The molecule has 3 rings (SSSR count). The fourth-order valence-corrected chi connectivity index (χ4v) is 2.66. The largest absolute Gasteiger partial charge is 0.502 e. The zero-order valence-corrected chi connectivity index (χ0v) is 15.4. The number of hydrogen-bond acceptors (Lipinski definition) is 6. The SMILES string of the molecule is COc1cc(/C=N\n2c(-c3cccc(C)c3)n[nH]c2=S)cc(OC)c1O. The Morgan fingerprint density at radius 2 is 1.88 bits per heavy atom. The molecule has 1 aromatic heterocycles. The molecule has 0 atom stereocenters. The molecule has 134 valence electrons. The van der Waals surface area contributed by atoms with Crippen molar-refractivity contribution in [3.05, 3.63) is 52.3 Å². The monoisotopic (exact) mass is 370 g/mol. The summed E-state index contributed by atoms with van der Waals surface area (Å²) in [6.07, 6.45) is 1.59. The topological polar surface area (TPSA) is 84.7 Å². The Hall–Kier alpha value is -3.13. The summed E-state index contributed by atoms with van der Waals surface area (Å²) in [5.41, 5.74) is 2.69. The maximum absolute atomic E-state index is 10.00. The van der Waals surface area contributed by atoms with E-state index in [1.165, 1.54) is 18.9 Å². The van der Waals surface area contributed by atoms with Crippen LogP contribution < -0.4 is 9.47 Å². The predicted molar refractivity (Wildman–Crippen MR) is 102 cm³/mol. The van der Waals surface area contributed by atoms with E-state index < -0.39 is 0 Å². The first-order chi connectivity index (χ1) is 12.5. The molecule has 0 saturated carbocycles. The smallest absolute Gasteiger partial charge is 0.216 e. The van der Waals surface area contributed by atoms with E-state index in [4.69, 9.17) is 21.7 Å². The Balaban J connectivity index is 2.02. The third-order valence-electron chi connectivity index (χ3n) is 3.75. The summed E-state index contributed by atoms with van der Waals surface area (Å²) < 4.78 is 12.2. The first-order valence-electron chi connectivity index (χ1n) is 7.77. The Bertz CT molecular complexity index is 998. The molecule has 26 heavy (non-hydrogen) atoms. The Morgan fingerprint density at radius 3 is 2.50 bits per heavy atom. The molecular formula is C18H18N4O3S. The van der Waals surface area contributed by atoms with Crippen molar-refractivity contribution in [3.63, 3.8) is 0 Å². The molecular weight excluding hydrogens is 352 g/mol. The molecule has 2 N–H and O–H groups in total. The highest BCUT2D eigenvalue weighted by Gasteiger charge is 2.11. The number of phenolic OH excluding ortho intramolecular Hbond substituents is 1. The normalized spacial score (nSPS) is 11.0. The van der Waals surface area contributed by atoms with Gasteiger partial charge in [-0.1, -0.05) is 23.8 Å². The molecule has 0 aliphatic rings. The number of aromatic amines is 1. The van der Waals surface area contributed by atoms with Crippen molar-refractivity contribution in [2.24, 2.45) is 5.10 Å². The predicted octanol–water partition coefficient (Wildman–Crippen LogP) is 3.52. The van der Waals surface area contributed by atoms with Crippen LogP contribution in [-0.2, 0) is 0 Å². The van der Waals surface area contributed by atoms with Gasteiger partial charge in [0.05, 0.1) is 20.4 Å². The minimum Gasteiger partial charge on any atom is -0.502 e. The zero-order valence-electron chi connectivity index (χ0n) is 14.6. The van der Waals surface area contributed by atoms with E-state index in [9.17, 15) is 5.11 Å². The van der Waals surface area contributed by atoms with Gasteiger partial charge in [0.15, 0.2) is 17.3 Å². The fourth-order valence-electron chi connectivity index (χ4n) is 2.48. The first-order valence-corrected chi connectivity index (χ1v) is 8.18. The van der Waals surface area contributed by atoms with E-state index in [0.717, 1.165) is 11.1 Å². The lowest BCUT2D eigenvalue weighted by molar-refractivity contribution is 0.340. The maximum atomic E-state index is 10.00. The average Bonchev–Trinajstić information content (AvgIpc) is 3.01. The molecule has 0 amide bonds. The van der Waals surface area contributed by atoms with Crippen LogP contribution in [0.25, 0.3) is 11.4 Å². The number of nitrogens with one attached hydrogen (secondary N) is 1. The second kappa shape index (κ2) is 7.40. The second-order valence-electron chi connectivity index (χ2n) is 5.55. The maximum Gasteiger partial charge on any atom is 0.216 e. The number of H-pyrrole nitrogens is 1. The van der Waals surface area contributed by atoms with Crippen molar-refractivity contribution in [1.29, 1.82) is 0 Å². The second-order valence-corrected chi connectivity index (χ2v) is 5.94. The van der Waals surface area contributed by atoms with Crippen molar-refractivity contribution >= 4 is 18.4 Å². The molecule has 0 spiro atoms. The number of methoxy groups -OCH3 is 2. The highest BCUT2D eigenvalue weighted by molar-refractivity contribution is 7.71. The molecule has 2 aromatic carbocycles. The Kier molecular flexibility index (Phi) is 5.04. The molecule has 0 fully saturated rings. The van der Waals surface area contributed by atoms with Gasteiger partial charge in [0.2, 0.25) is 10.5 Å². The molecule has 0 aliphatic heterocycles.